The molecule has 1 aromatic carbocycles. The lowest BCUT2D eigenvalue weighted by molar-refractivity contribution is -0.136. The number of carbonyl (C=O) groups is 1. The van der Waals surface area contributed by atoms with Crippen LogP contribution >= 0.6 is 0 Å². The number of aryl methyl sites for hydroxylation is 2. The molecule has 3 nitrogen and oxygen atoms in total. The van der Waals surface area contributed by atoms with Gasteiger partial charge in [-0.25, -0.2) is 0 Å². The number of para-hydroxylation sites is 1. The zero-order valence-electron chi connectivity index (χ0n) is 11.2. The number of benzene rings is 1. The number of aliphatic carboxylic acids is 1. The van der Waals surface area contributed by atoms with Crippen LogP contribution < -0.4 is 0 Å². The van der Waals surface area contributed by atoms with Crippen LogP contribution in [0.2, 0.25) is 0 Å². The number of hydrogen-bond donors (Lipinski definition) is 1. The summed E-state index contributed by atoms with van der Waals surface area (Å²) in [6, 6.07) is 8.15. The molecule has 0 radical (unpaired) electrons. The van der Waals surface area contributed by atoms with Gasteiger partial charge in [-0.15, -0.1) is 6.58 Å². The first-order valence-electron chi connectivity index (χ1n) is 6.51. The van der Waals surface area contributed by atoms with Crippen LogP contribution in [0.3, 0.4) is 0 Å². The minimum absolute atomic E-state index is 0.175. The summed E-state index contributed by atoms with van der Waals surface area (Å²) in [5.41, 5.74) is 3.44. The molecule has 0 amide bonds. The second-order valence-electron chi connectivity index (χ2n) is 4.97. The van der Waals surface area contributed by atoms with Crippen molar-refractivity contribution in [3.05, 3.63) is 48.2 Å². The minimum Gasteiger partial charge on any atom is -0.481 e. The maximum absolute atomic E-state index is 10.7. The third-order valence-corrected chi connectivity index (χ3v) is 3.26. The van der Waals surface area contributed by atoms with Crippen molar-refractivity contribution in [2.75, 3.05) is 0 Å². The molecule has 100 valence electrons. The number of allylic oxidation sites excluding steroid dienone is 1. The molecule has 0 aliphatic carbocycles. The van der Waals surface area contributed by atoms with Crippen molar-refractivity contribution in [2.24, 2.45) is 0 Å². The Morgan fingerprint density at radius 2 is 2.05 bits per heavy atom. The smallest absolute Gasteiger partial charge is 0.303 e. The number of carboxylic acid groups (broad SMARTS) is 1. The number of rotatable bonds is 6. The van der Waals surface area contributed by atoms with Crippen molar-refractivity contribution in [3.8, 4) is 0 Å². The van der Waals surface area contributed by atoms with Gasteiger partial charge < -0.3 is 9.67 Å². The lowest BCUT2D eigenvalue weighted by Crippen LogP contribution is -1.98. The molecule has 0 atom stereocenters. The van der Waals surface area contributed by atoms with Crippen LogP contribution in [0, 0.1) is 0 Å². The maximum atomic E-state index is 10.7. The molecule has 0 saturated carbocycles. The highest BCUT2D eigenvalue weighted by molar-refractivity contribution is 5.84. The molecule has 0 unspecified atom stereocenters. The lowest BCUT2D eigenvalue weighted by atomic mass is 10.1. The van der Waals surface area contributed by atoms with Crippen molar-refractivity contribution in [1.29, 1.82) is 0 Å². The lowest BCUT2D eigenvalue weighted by Gasteiger charge is -2.04. The van der Waals surface area contributed by atoms with E-state index in [2.05, 4.69) is 29.5 Å². The van der Waals surface area contributed by atoms with E-state index in [4.69, 9.17) is 5.11 Å². The first-order valence-corrected chi connectivity index (χ1v) is 6.51. The molecule has 1 heterocycles. The fourth-order valence-corrected chi connectivity index (χ4v) is 2.26. The monoisotopic (exact) mass is 257 g/mol. The average Bonchev–Trinajstić information content (AvgIpc) is 2.72. The molecule has 0 aliphatic heterocycles. The highest BCUT2D eigenvalue weighted by Gasteiger charge is 2.09. The van der Waals surface area contributed by atoms with E-state index in [1.807, 2.05) is 19.1 Å². The standard InChI is InChI=1S/C16H19NO2/c1-12(2)9-10-17-11-13(7-8-16(18)19)14-5-3-4-6-15(14)17/h3-6,11H,1,7-10H2,2H3,(H,18,19). The van der Waals surface area contributed by atoms with Gasteiger partial charge in [-0.3, -0.25) is 4.79 Å². The van der Waals surface area contributed by atoms with Gasteiger partial charge in [0.25, 0.3) is 0 Å². The molecular formula is C16H19NO2. The van der Waals surface area contributed by atoms with E-state index in [0.717, 1.165) is 29.5 Å². The molecule has 0 saturated heterocycles. The largest absolute Gasteiger partial charge is 0.481 e. The third-order valence-electron chi connectivity index (χ3n) is 3.26. The van der Waals surface area contributed by atoms with E-state index in [0.29, 0.717) is 6.42 Å². The summed E-state index contributed by atoms with van der Waals surface area (Å²) in [5.74, 6) is -0.751. The Bertz CT molecular complexity index is 558. The molecule has 0 bridgehead atoms. The highest BCUT2D eigenvalue weighted by Crippen LogP contribution is 2.23. The first-order chi connectivity index (χ1) is 9.08. The number of carboxylic acids is 1. The fourth-order valence-electron chi connectivity index (χ4n) is 2.26. The van der Waals surface area contributed by atoms with Crippen LogP contribution in [-0.2, 0) is 17.8 Å². The number of nitrogens with zero attached hydrogens (tertiary/aromatic N) is 1. The van der Waals surface area contributed by atoms with Gasteiger partial charge in [0.2, 0.25) is 0 Å². The molecule has 1 N–H and O–H groups in total. The van der Waals surface area contributed by atoms with Crippen LogP contribution in [0.4, 0.5) is 0 Å². The fraction of sp³-hybridized carbons (Fsp3) is 0.312. The van der Waals surface area contributed by atoms with Gasteiger partial charge in [0, 0.05) is 30.1 Å². The zero-order valence-corrected chi connectivity index (χ0v) is 11.2. The molecule has 2 rings (SSSR count). The third kappa shape index (κ3) is 3.25. The molecule has 0 aliphatic rings. The van der Waals surface area contributed by atoms with Crippen molar-refractivity contribution < 1.29 is 9.90 Å². The molecule has 0 spiro atoms. The van der Waals surface area contributed by atoms with E-state index >= 15 is 0 Å². The van der Waals surface area contributed by atoms with Crippen LogP contribution in [-0.4, -0.2) is 15.6 Å². The summed E-state index contributed by atoms with van der Waals surface area (Å²) in [6.07, 6.45) is 3.78. The zero-order chi connectivity index (χ0) is 13.8. The predicted octanol–water partition coefficient (Wildman–Crippen LogP) is 3.62. The van der Waals surface area contributed by atoms with E-state index < -0.39 is 5.97 Å². The Kier molecular flexibility index (Phi) is 4.05. The Morgan fingerprint density at radius 3 is 2.74 bits per heavy atom. The highest BCUT2D eigenvalue weighted by atomic mass is 16.4. The number of aromatic nitrogens is 1. The van der Waals surface area contributed by atoms with Gasteiger partial charge in [0.15, 0.2) is 0 Å². The summed E-state index contributed by atoms with van der Waals surface area (Å²) in [4.78, 5) is 10.7. The molecular weight excluding hydrogens is 238 g/mol. The Balaban J connectivity index is 2.31. The van der Waals surface area contributed by atoms with Gasteiger partial charge in [-0.1, -0.05) is 23.8 Å². The second kappa shape index (κ2) is 5.74. The van der Waals surface area contributed by atoms with Crippen molar-refractivity contribution in [2.45, 2.75) is 32.7 Å². The van der Waals surface area contributed by atoms with Gasteiger partial charge in [0.1, 0.15) is 0 Å². The van der Waals surface area contributed by atoms with Gasteiger partial charge in [0.05, 0.1) is 0 Å². The maximum Gasteiger partial charge on any atom is 0.303 e. The normalized spacial score (nSPS) is 10.8. The Morgan fingerprint density at radius 1 is 1.32 bits per heavy atom. The van der Waals surface area contributed by atoms with Crippen LogP contribution in [0.15, 0.2) is 42.6 Å². The van der Waals surface area contributed by atoms with Crippen LogP contribution in [0.25, 0.3) is 10.9 Å². The molecule has 2 aromatic rings. The summed E-state index contributed by atoms with van der Waals surface area (Å²) in [5, 5.41) is 9.97. The predicted molar refractivity (Wildman–Crippen MR) is 77.3 cm³/mol. The Labute approximate surface area is 113 Å². The topological polar surface area (TPSA) is 42.2 Å². The SMILES string of the molecule is C=C(C)CCn1cc(CCC(=O)O)c2ccccc21. The summed E-state index contributed by atoms with van der Waals surface area (Å²) in [7, 11) is 0. The van der Waals surface area contributed by atoms with Gasteiger partial charge >= 0.3 is 5.97 Å². The summed E-state index contributed by atoms with van der Waals surface area (Å²) in [6.45, 7) is 6.84. The van der Waals surface area contributed by atoms with Gasteiger partial charge in [-0.2, -0.15) is 0 Å². The van der Waals surface area contributed by atoms with Crippen LogP contribution in [0.1, 0.15) is 25.3 Å². The van der Waals surface area contributed by atoms with Crippen molar-refractivity contribution in [1.82, 2.24) is 4.57 Å². The van der Waals surface area contributed by atoms with Crippen molar-refractivity contribution >= 4 is 16.9 Å². The number of hydrogen-bond acceptors (Lipinski definition) is 1. The Hall–Kier alpha value is -2.03. The van der Waals surface area contributed by atoms with E-state index in [9.17, 15) is 4.79 Å². The van der Waals surface area contributed by atoms with E-state index in [1.54, 1.807) is 0 Å². The molecule has 1 aromatic heterocycles. The first kappa shape index (κ1) is 13.4. The number of fused-ring (bicyclic) bond motifs is 1. The summed E-state index contributed by atoms with van der Waals surface area (Å²) < 4.78 is 2.20. The average molecular weight is 257 g/mol. The van der Waals surface area contributed by atoms with Crippen molar-refractivity contribution in [3.63, 3.8) is 0 Å². The van der Waals surface area contributed by atoms with Gasteiger partial charge in [-0.05, 0) is 31.4 Å². The van der Waals surface area contributed by atoms with E-state index in [1.165, 1.54) is 5.52 Å². The minimum atomic E-state index is -0.751. The molecule has 19 heavy (non-hydrogen) atoms. The summed E-state index contributed by atoms with van der Waals surface area (Å²) >= 11 is 0. The van der Waals surface area contributed by atoms with Crippen LogP contribution in [0.5, 0.6) is 0 Å². The molecule has 0 fully saturated rings. The quantitative estimate of drug-likeness (QED) is 0.803. The second-order valence-corrected chi connectivity index (χ2v) is 4.97. The molecule has 3 heteroatoms. The van der Waals surface area contributed by atoms with E-state index in [-0.39, 0.29) is 6.42 Å².